The molecule has 0 heterocycles. The number of carbonyl (C=O) groups excluding carboxylic acids is 1. The molecule has 0 aliphatic carbocycles. The minimum atomic E-state index is -3.85. The number of amides is 1. The Hall–Kier alpha value is -1.70. The first-order valence-corrected chi connectivity index (χ1v) is 9.91. The van der Waals surface area contributed by atoms with Crippen molar-refractivity contribution in [2.45, 2.75) is 0 Å². The molecule has 1 amide bonds. The van der Waals surface area contributed by atoms with E-state index < -0.39 is 15.9 Å². The van der Waals surface area contributed by atoms with Gasteiger partial charge in [0.25, 0.3) is 15.9 Å². The standard InChI is InChI=1S/C17H13Br2NO3S/c18-15-6-1-13(2-7-15)5-10-17(21)20-24(22,23)12-11-14-3-8-16(19)9-4-14/h1-12H,(H,20,21)/b10-5+,12-11-. The molecule has 0 aliphatic heterocycles. The van der Waals surface area contributed by atoms with Gasteiger partial charge < -0.3 is 0 Å². The van der Waals surface area contributed by atoms with Crippen molar-refractivity contribution in [2.75, 3.05) is 0 Å². The highest BCUT2D eigenvalue weighted by molar-refractivity contribution is 9.10. The maximum Gasteiger partial charge on any atom is 0.257 e. The third-order valence-electron chi connectivity index (χ3n) is 2.85. The largest absolute Gasteiger partial charge is 0.269 e. The SMILES string of the molecule is O=C(/C=C/c1ccc(Br)cc1)NS(=O)(=O)/C=C\c1ccc(Br)cc1. The fourth-order valence-electron chi connectivity index (χ4n) is 1.70. The van der Waals surface area contributed by atoms with Crippen LogP contribution < -0.4 is 4.72 Å². The highest BCUT2D eigenvalue weighted by Crippen LogP contribution is 2.12. The van der Waals surface area contributed by atoms with Gasteiger partial charge in [-0.25, -0.2) is 13.1 Å². The van der Waals surface area contributed by atoms with Crippen LogP contribution in [0.3, 0.4) is 0 Å². The molecule has 0 saturated heterocycles. The van der Waals surface area contributed by atoms with Crippen LogP contribution in [0.1, 0.15) is 11.1 Å². The van der Waals surface area contributed by atoms with E-state index in [1.165, 1.54) is 18.2 Å². The van der Waals surface area contributed by atoms with E-state index in [2.05, 4.69) is 31.9 Å². The molecule has 7 heteroatoms. The monoisotopic (exact) mass is 469 g/mol. The molecular weight excluding hydrogens is 458 g/mol. The van der Waals surface area contributed by atoms with Gasteiger partial charge >= 0.3 is 0 Å². The Labute approximate surface area is 157 Å². The Bertz CT molecular complexity index is 871. The smallest absolute Gasteiger partial charge is 0.257 e. The molecule has 2 rings (SSSR count). The van der Waals surface area contributed by atoms with Crippen molar-refractivity contribution in [1.82, 2.24) is 4.72 Å². The third kappa shape index (κ3) is 6.43. The quantitative estimate of drug-likeness (QED) is 0.661. The van der Waals surface area contributed by atoms with Crippen LogP contribution in [-0.4, -0.2) is 14.3 Å². The second kappa shape index (κ2) is 8.41. The van der Waals surface area contributed by atoms with Gasteiger partial charge in [-0.2, -0.15) is 0 Å². The zero-order chi connectivity index (χ0) is 17.6. The van der Waals surface area contributed by atoms with Crippen LogP contribution >= 0.6 is 31.9 Å². The highest BCUT2D eigenvalue weighted by Gasteiger charge is 2.08. The molecule has 0 radical (unpaired) electrons. The van der Waals surface area contributed by atoms with Gasteiger partial charge in [0.1, 0.15) is 0 Å². The summed E-state index contributed by atoms with van der Waals surface area (Å²) in [6.07, 6.45) is 4.13. The zero-order valence-electron chi connectivity index (χ0n) is 12.3. The highest BCUT2D eigenvalue weighted by atomic mass is 79.9. The lowest BCUT2D eigenvalue weighted by molar-refractivity contribution is -0.114. The number of halogens is 2. The number of sulfonamides is 1. The summed E-state index contributed by atoms with van der Waals surface area (Å²) in [5.41, 5.74) is 1.50. The number of rotatable bonds is 5. The van der Waals surface area contributed by atoms with Gasteiger partial charge in [-0.05, 0) is 47.5 Å². The fourth-order valence-corrected chi connectivity index (χ4v) is 2.98. The lowest BCUT2D eigenvalue weighted by atomic mass is 10.2. The number of benzene rings is 2. The van der Waals surface area contributed by atoms with Gasteiger partial charge in [-0.15, -0.1) is 0 Å². The number of carbonyl (C=O) groups is 1. The number of nitrogens with one attached hydrogen (secondary N) is 1. The Morgan fingerprint density at radius 3 is 1.79 bits per heavy atom. The van der Waals surface area contributed by atoms with E-state index in [4.69, 9.17) is 0 Å². The lowest BCUT2D eigenvalue weighted by Gasteiger charge is -2.00. The molecular formula is C17H13Br2NO3S. The van der Waals surface area contributed by atoms with E-state index in [0.29, 0.717) is 5.56 Å². The van der Waals surface area contributed by atoms with Gasteiger partial charge in [0.05, 0.1) is 5.41 Å². The molecule has 0 spiro atoms. The molecule has 0 unspecified atom stereocenters. The molecule has 0 fully saturated rings. The summed E-state index contributed by atoms with van der Waals surface area (Å²) in [5, 5.41) is 0.960. The minimum absolute atomic E-state index is 0.710. The summed E-state index contributed by atoms with van der Waals surface area (Å²) in [5.74, 6) is -0.710. The summed E-state index contributed by atoms with van der Waals surface area (Å²) in [6, 6.07) is 14.4. The van der Waals surface area contributed by atoms with E-state index in [0.717, 1.165) is 19.9 Å². The molecule has 4 nitrogen and oxygen atoms in total. The van der Waals surface area contributed by atoms with E-state index in [1.807, 2.05) is 16.9 Å². The van der Waals surface area contributed by atoms with Gasteiger partial charge in [0.15, 0.2) is 0 Å². The van der Waals surface area contributed by atoms with Crippen LogP contribution in [0, 0.1) is 0 Å². The van der Waals surface area contributed by atoms with Crippen LogP contribution in [0.25, 0.3) is 12.2 Å². The number of hydrogen-bond acceptors (Lipinski definition) is 3. The number of hydrogen-bond donors (Lipinski definition) is 1. The Kier molecular flexibility index (Phi) is 6.53. The average Bonchev–Trinajstić information content (AvgIpc) is 2.53. The van der Waals surface area contributed by atoms with Gasteiger partial charge in [-0.3, -0.25) is 4.79 Å². The van der Waals surface area contributed by atoms with E-state index in [-0.39, 0.29) is 0 Å². The molecule has 0 aliphatic rings. The molecule has 0 aromatic heterocycles. The van der Waals surface area contributed by atoms with Crippen molar-refractivity contribution >= 4 is 59.9 Å². The van der Waals surface area contributed by atoms with Gasteiger partial charge in [0.2, 0.25) is 0 Å². The van der Waals surface area contributed by atoms with Gasteiger partial charge in [-0.1, -0.05) is 56.1 Å². The molecule has 0 saturated carbocycles. The molecule has 1 N–H and O–H groups in total. The van der Waals surface area contributed by atoms with Crippen LogP contribution in [0.2, 0.25) is 0 Å². The lowest BCUT2D eigenvalue weighted by Crippen LogP contribution is -2.26. The van der Waals surface area contributed by atoms with Crippen molar-refractivity contribution in [2.24, 2.45) is 0 Å². The van der Waals surface area contributed by atoms with E-state index in [1.54, 1.807) is 36.4 Å². The Morgan fingerprint density at radius 2 is 1.29 bits per heavy atom. The van der Waals surface area contributed by atoms with E-state index >= 15 is 0 Å². The third-order valence-corrected chi connectivity index (χ3v) is 4.89. The maximum atomic E-state index is 11.9. The molecule has 24 heavy (non-hydrogen) atoms. The Morgan fingerprint density at radius 1 is 0.833 bits per heavy atom. The van der Waals surface area contributed by atoms with Crippen LogP contribution in [0.4, 0.5) is 0 Å². The van der Waals surface area contributed by atoms with Crippen molar-refractivity contribution < 1.29 is 13.2 Å². The van der Waals surface area contributed by atoms with Crippen molar-refractivity contribution in [3.63, 3.8) is 0 Å². The van der Waals surface area contributed by atoms with E-state index in [9.17, 15) is 13.2 Å². The van der Waals surface area contributed by atoms with Crippen LogP contribution in [0.5, 0.6) is 0 Å². The normalized spacial score (nSPS) is 11.9. The maximum absolute atomic E-state index is 11.9. The summed E-state index contributed by atoms with van der Waals surface area (Å²) >= 11 is 6.61. The second-order valence-corrected chi connectivity index (χ2v) is 8.15. The fraction of sp³-hybridized carbons (Fsp3) is 0. The topological polar surface area (TPSA) is 63.2 Å². The van der Waals surface area contributed by atoms with Crippen molar-refractivity contribution in [3.05, 3.63) is 80.1 Å². The minimum Gasteiger partial charge on any atom is -0.269 e. The predicted octanol–water partition coefficient (Wildman–Crippen LogP) is 4.34. The summed E-state index contributed by atoms with van der Waals surface area (Å²) < 4.78 is 27.5. The van der Waals surface area contributed by atoms with Crippen molar-refractivity contribution in [1.29, 1.82) is 0 Å². The average molecular weight is 471 g/mol. The first-order valence-electron chi connectivity index (χ1n) is 6.78. The first-order chi connectivity index (χ1) is 11.3. The van der Waals surface area contributed by atoms with Gasteiger partial charge in [0, 0.05) is 15.0 Å². The second-order valence-electron chi connectivity index (χ2n) is 4.75. The summed E-state index contributed by atoms with van der Waals surface area (Å²) in [7, 11) is -3.85. The molecule has 124 valence electrons. The molecule has 0 atom stereocenters. The Balaban J connectivity index is 1.98. The van der Waals surface area contributed by atoms with Crippen molar-refractivity contribution in [3.8, 4) is 0 Å². The molecule has 0 bridgehead atoms. The summed E-state index contributed by atoms with van der Waals surface area (Å²) in [6.45, 7) is 0. The zero-order valence-corrected chi connectivity index (χ0v) is 16.3. The van der Waals surface area contributed by atoms with Crippen LogP contribution in [-0.2, 0) is 14.8 Å². The predicted molar refractivity (Wildman–Crippen MR) is 103 cm³/mol. The first kappa shape index (κ1) is 18.6. The molecule has 2 aromatic rings. The summed E-state index contributed by atoms with van der Waals surface area (Å²) in [4.78, 5) is 11.7. The molecule has 2 aromatic carbocycles. The van der Waals surface area contributed by atoms with Crippen LogP contribution in [0.15, 0.2) is 69.0 Å².